The SMILES string of the molecule is CCOC(CNCC(O)C(N)=O)OCC. The standard InChI is InChI=1S/C9H20N2O4/c1-3-14-8(15-4-2)6-11-5-7(12)9(10)13/h7-8,11-12H,3-6H2,1-2H3,(H2,10,13). The molecule has 0 saturated carbocycles. The van der Waals surface area contributed by atoms with Crippen molar-refractivity contribution in [3.05, 3.63) is 0 Å². The highest BCUT2D eigenvalue weighted by Gasteiger charge is 2.12. The van der Waals surface area contributed by atoms with Gasteiger partial charge in [-0.15, -0.1) is 0 Å². The molecule has 6 nitrogen and oxygen atoms in total. The zero-order chi connectivity index (χ0) is 11.7. The molecule has 0 aromatic carbocycles. The molecule has 1 amide bonds. The molecular weight excluding hydrogens is 200 g/mol. The number of aliphatic hydroxyl groups is 1. The van der Waals surface area contributed by atoms with Crippen LogP contribution in [0.2, 0.25) is 0 Å². The van der Waals surface area contributed by atoms with E-state index in [0.29, 0.717) is 19.8 Å². The number of primary amides is 1. The number of aliphatic hydroxyl groups excluding tert-OH is 1. The van der Waals surface area contributed by atoms with Crippen LogP contribution in [0.4, 0.5) is 0 Å². The average molecular weight is 220 g/mol. The number of ether oxygens (including phenoxy) is 2. The van der Waals surface area contributed by atoms with Crippen LogP contribution in [-0.2, 0) is 14.3 Å². The van der Waals surface area contributed by atoms with Gasteiger partial charge in [0.05, 0.1) is 0 Å². The number of nitrogens with two attached hydrogens (primary N) is 1. The fourth-order valence-corrected chi connectivity index (χ4v) is 0.976. The lowest BCUT2D eigenvalue weighted by atomic mass is 10.3. The Bertz CT molecular complexity index is 171. The molecule has 0 spiro atoms. The van der Waals surface area contributed by atoms with Gasteiger partial charge in [0.25, 0.3) is 0 Å². The second-order valence-corrected chi connectivity index (χ2v) is 2.92. The molecule has 1 unspecified atom stereocenters. The van der Waals surface area contributed by atoms with Crippen LogP contribution in [0.3, 0.4) is 0 Å². The van der Waals surface area contributed by atoms with Crippen LogP contribution in [-0.4, -0.2) is 49.7 Å². The van der Waals surface area contributed by atoms with Crippen LogP contribution in [0, 0.1) is 0 Å². The fourth-order valence-electron chi connectivity index (χ4n) is 0.976. The minimum absolute atomic E-state index is 0.103. The van der Waals surface area contributed by atoms with Crippen molar-refractivity contribution in [1.29, 1.82) is 0 Å². The van der Waals surface area contributed by atoms with Gasteiger partial charge in [0.15, 0.2) is 6.29 Å². The Kier molecular flexibility index (Phi) is 8.21. The van der Waals surface area contributed by atoms with Gasteiger partial charge in [-0.3, -0.25) is 4.79 Å². The number of nitrogens with one attached hydrogen (secondary N) is 1. The van der Waals surface area contributed by atoms with E-state index in [1.54, 1.807) is 0 Å². The number of rotatable bonds is 9. The van der Waals surface area contributed by atoms with Crippen LogP contribution in [0.1, 0.15) is 13.8 Å². The second kappa shape index (κ2) is 8.60. The number of carbonyl (C=O) groups is 1. The van der Waals surface area contributed by atoms with Gasteiger partial charge in [0, 0.05) is 26.3 Å². The van der Waals surface area contributed by atoms with E-state index in [1.165, 1.54) is 0 Å². The van der Waals surface area contributed by atoms with Crippen molar-refractivity contribution >= 4 is 5.91 Å². The molecular formula is C9H20N2O4. The van der Waals surface area contributed by atoms with E-state index in [4.69, 9.17) is 20.3 Å². The summed E-state index contributed by atoms with van der Waals surface area (Å²) in [7, 11) is 0. The number of hydrogen-bond acceptors (Lipinski definition) is 5. The van der Waals surface area contributed by atoms with Crippen molar-refractivity contribution in [2.75, 3.05) is 26.3 Å². The molecule has 0 aromatic rings. The van der Waals surface area contributed by atoms with Crippen LogP contribution in [0.5, 0.6) is 0 Å². The van der Waals surface area contributed by atoms with Crippen LogP contribution in [0.15, 0.2) is 0 Å². The average Bonchev–Trinajstić information content (AvgIpc) is 2.18. The molecule has 0 radical (unpaired) electrons. The van der Waals surface area contributed by atoms with Gasteiger partial charge in [-0.1, -0.05) is 0 Å². The number of amides is 1. The van der Waals surface area contributed by atoms with E-state index in [0.717, 1.165) is 0 Å². The summed E-state index contributed by atoms with van der Waals surface area (Å²) in [6, 6.07) is 0. The highest BCUT2D eigenvalue weighted by Crippen LogP contribution is 1.93. The first-order valence-electron chi connectivity index (χ1n) is 5.03. The maximum absolute atomic E-state index is 10.5. The first kappa shape index (κ1) is 14.3. The summed E-state index contributed by atoms with van der Waals surface area (Å²) in [5.74, 6) is -0.744. The van der Waals surface area contributed by atoms with Gasteiger partial charge in [-0.05, 0) is 13.8 Å². The summed E-state index contributed by atoms with van der Waals surface area (Å²) < 4.78 is 10.5. The Morgan fingerprint density at radius 3 is 2.27 bits per heavy atom. The Hall–Kier alpha value is -0.690. The third-order valence-corrected chi connectivity index (χ3v) is 1.68. The molecule has 0 aliphatic heterocycles. The molecule has 90 valence electrons. The summed E-state index contributed by atoms with van der Waals surface area (Å²) in [4.78, 5) is 10.5. The van der Waals surface area contributed by atoms with Gasteiger partial charge in [0.2, 0.25) is 5.91 Å². The molecule has 15 heavy (non-hydrogen) atoms. The van der Waals surface area contributed by atoms with Gasteiger partial charge in [0.1, 0.15) is 6.10 Å². The van der Waals surface area contributed by atoms with Crippen LogP contribution in [0.25, 0.3) is 0 Å². The zero-order valence-corrected chi connectivity index (χ0v) is 9.23. The smallest absolute Gasteiger partial charge is 0.247 e. The van der Waals surface area contributed by atoms with Gasteiger partial charge >= 0.3 is 0 Å². The minimum Gasteiger partial charge on any atom is -0.382 e. The van der Waals surface area contributed by atoms with E-state index in [1.807, 2.05) is 13.8 Å². The van der Waals surface area contributed by atoms with Crippen LogP contribution >= 0.6 is 0 Å². The van der Waals surface area contributed by atoms with Crippen molar-refractivity contribution < 1.29 is 19.4 Å². The molecule has 0 aliphatic rings. The van der Waals surface area contributed by atoms with Crippen molar-refractivity contribution in [1.82, 2.24) is 5.32 Å². The topological polar surface area (TPSA) is 93.8 Å². The summed E-state index contributed by atoms with van der Waals surface area (Å²) in [6.45, 7) is 5.34. The predicted molar refractivity (Wildman–Crippen MR) is 55.1 cm³/mol. The summed E-state index contributed by atoms with van der Waals surface area (Å²) in [5, 5.41) is 11.9. The first-order valence-corrected chi connectivity index (χ1v) is 5.03. The lowest BCUT2D eigenvalue weighted by Crippen LogP contribution is -2.41. The van der Waals surface area contributed by atoms with Crippen molar-refractivity contribution in [3.8, 4) is 0 Å². The van der Waals surface area contributed by atoms with E-state index >= 15 is 0 Å². The van der Waals surface area contributed by atoms with Gasteiger partial charge in [-0.25, -0.2) is 0 Å². The van der Waals surface area contributed by atoms with Crippen molar-refractivity contribution in [3.63, 3.8) is 0 Å². The van der Waals surface area contributed by atoms with Crippen molar-refractivity contribution in [2.24, 2.45) is 5.73 Å². The van der Waals surface area contributed by atoms with Crippen molar-refractivity contribution in [2.45, 2.75) is 26.2 Å². The molecule has 0 aromatic heterocycles. The number of carbonyl (C=O) groups excluding carboxylic acids is 1. The van der Waals surface area contributed by atoms with Gasteiger partial charge < -0.3 is 25.6 Å². The van der Waals surface area contributed by atoms with E-state index in [-0.39, 0.29) is 12.8 Å². The Labute approximate surface area is 89.7 Å². The predicted octanol–water partition coefficient (Wildman–Crippen LogP) is -1.18. The van der Waals surface area contributed by atoms with Crippen LogP contribution < -0.4 is 11.1 Å². The molecule has 0 saturated heterocycles. The molecule has 0 rings (SSSR count). The number of hydrogen-bond donors (Lipinski definition) is 3. The van der Waals surface area contributed by atoms with E-state index < -0.39 is 12.0 Å². The normalized spacial score (nSPS) is 13.1. The highest BCUT2D eigenvalue weighted by molar-refractivity contribution is 5.78. The zero-order valence-electron chi connectivity index (χ0n) is 9.23. The molecule has 0 fully saturated rings. The van der Waals surface area contributed by atoms with Gasteiger partial charge in [-0.2, -0.15) is 0 Å². The lowest BCUT2D eigenvalue weighted by Gasteiger charge is -2.18. The Morgan fingerprint density at radius 2 is 1.87 bits per heavy atom. The molecule has 0 bridgehead atoms. The largest absolute Gasteiger partial charge is 0.382 e. The summed E-state index contributed by atoms with van der Waals surface area (Å²) in [6.07, 6.45) is -1.53. The Balaban J connectivity index is 3.64. The molecule has 6 heteroatoms. The fraction of sp³-hybridized carbons (Fsp3) is 0.889. The molecule has 1 atom stereocenters. The Morgan fingerprint density at radius 1 is 1.33 bits per heavy atom. The van der Waals surface area contributed by atoms with E-state index in [9.17, 15) is 4.79 Å². The highest BCUT2D eigenvalue weighted by atomic mass is 16.7. The summed E-state index contributed by atoms with van der Waals surface area (Å²) >= 11 is 0. The summed E-state index contributed by atoms with van der Waals surface area (Å²) in [5.41, 5.74) is 4.88. The minimum atomic E-state index is -1.17. The third kappa shape index (κ3) is 7.26. The lowest BCUT2D eigenvalue weighted by molar-refractivity contribution is -0.135. The third-order valence-electron chi connectivity index (χ3n) is 1.68. The first-order chi connectivity index (χ1) is 7.11. The quantitative estimate of drug-likeness (QED) is 0.425. The molecule has 0 heterocycles. The molecule has 4 N–H and O–H groups in total. The maximum atomic E-state index is 10.5. The van der Waals surface area contributed by atoms with E-state index in [2.05, 4.69) is 5.32 Å². The second-order valence-electron chi connectivity index (χ2n) is 2.92. The maximum Gasteiger partial charge on any atom is 0.247 e. The molecule has 0 aliphatic carbocycles. The monoisotopic (exact) mass is 220 g/mol.